The van der Waals surface area contributed by atoms with E-state index in [0.717, 1.165) is 41.6 Å². The number of carbonyl (C=O) groups excluding carboxylic acids is 1. The molecule has 7 heteroatoms. The highest BCUT2D eigenvalue weighted by Crippen LogP contribution is 2.35. The first-order chi connectivity index (χ1) is 13.6. The first-order valence-corrected chi connectivity index (χ1v) is 11.1. The number of ether oxygens (including phenoxy) is 1. The van der Waals surface area contributed by atoms with Crippen LogP contribution >= 0.6 is 11.8 Å². The van der Waals surface area contributed by atoms with Gasteiger partial charge >= 0.3 is 0 Å². The van der Waals surface area contributed by atoms with E-state index in [2.05, 4.69) is 27.0 Å². The fraction of sp³-hybridized carbons (Fsp3) is 0.571. The number of thioether (sulfide) groups is 1. The van der Waals surface area contributed by atoms with Gasteiger partial charge in [-0.05, 0) is 50.5 Å². The first kappa shape index (κ1) is 20.7. The summed E-state index contributed by atoms with van der Waals surface area (Å²) in [7, 11) is 1.67. The van der Waals surface area contributed by atoms with Crippen LogP contribution in [-0.4, -0.2) is 39.6 Å². The number of aromatic nitrogens is 3. The topological polar surface area (TPSA) is 69.0 Å². The van der Waals surface area contributed by atoms with Gasteiger partial charge in [-0.15, -0.1) is 10.2 Å². The fourth-order valence-electron chi connectivity index (χ4n) is 3.53. The average Bonchev–Trinajstić information content (AvgIpc) is 3.16. The summed E-state index contributed by atoms with van der Waals surface area (Å²) >= 11 is 1.48. The van der Waals surface area contributed by atoms with Gasteiger partial charge < -0.3 is 10.1 Å². The molecule has 1 aromatic heterocycles. The number of benzene rings is 1. The molecule has 1 N–H and O–H groups in total. The maximum absolute atomic E-state index is 12.2. The lowest BCUT2D eigenvalue weighted by molar-refractivity contribution is -0.119. The Bertz CT molecular complexity index is 769. The van der Waals surface area contributed by atoms with Crippen LogP contribution in [0, 0.1) is 0 Å². The van der Waals surface area contributed by atoms with Gasteiger partial charge in [0, 0.05) is 17.6 Å². The Balaban J connectivity index is 1.83. The van der Waals surface area contributed by atoms with Gasteiger partial charge in [0.25, 0.3) is 0 Å². The Hall–Kier alpha value is -2.02. The zero-order valence-electron chi connectivity index (χ0n) is 17.0. The van der Waals surface area contributed by atoms with Crippen molar-refractivity contribution in [2.24, 2.45) is 0 Å². The number of carbonyl (C=O) groups is 1. The molecule has 0 radical (unpaired) electrons. The molecule has 1 aliphatic carbocycles. The van der Waals surface area contributed by atoms with E-state index in [0.29, 0.717) is 11.8 Å². The fourth-order valence-corrected chi connectivity index (χ4v) is 4.35. The Labute approximate surface area is 171 Å². The molecule has 1 heterocycles. The van der Waals surface area contributed by atoms with Gasteiger partial charge in [0.1, 0.15) is 5.75 Å². The molecular formula is C21H30N4O2S. The lowest BCUT2D eigenvalue weighted by Gasteiger charge is -2.25. The maximum Gasteiger partial charge on any atom is 0.230 e. The van der Waals surface area contributed by atoms with Gasteiger partial charge in [-0.25, -0.2) is 0 Å². The van der Waals surface area contributed by atoms with Crippen molar-refractivity contribution < 1.29 is 9.53 Å². The van der Waals surface area contributed by atoms with Crippen molar-refractivity contribution in [3.63, 3.8) is 0 Å². The third-order valence-electron chi connectivity index (χ3n) is 5.30. The number of nitrogens with one attached hydrogen (secondary N) is 1. The van der Waals surface area contributed by atoms with Crippen molar-refractivity contribution in [1.82, 2.24) is 20.1 Å². The summed E-state index contributed by atoms with van der Waals surface area (Å²) in [4.78, 5) is 12.2. The third-order valence-corrected chi connectivity index (χ3v) is 6.25. The molecule has 3 rings (SSSR count). The van der Waals surface area contributed by atoms with Crippen molar-refractivity contribution in [2.75, 3.05) is 12.9 Å². The summed E-state index contributed by atoms with van der Waals surface area (Å²) < 4.78 is 7.52. The van der Waals surface area contributed by atoms with Crippen molar-refractivity contribution in [3.05, 3.63) is 24.3 Å². The lowest BCUT2D eigenvalue weighted by atomic mass is 9.95. The standard InChI is InChI=1S/C21H30N4O2S/c1-4-15(2)22-19(26)14-28-21-24-23-20(16-10-12-18(27-3)13-11-16)25(21)17-8-6-5-7-9-17/h10-13,15,17H,4-9,14H2,1-3H3,(H,22,26). The Kier molecular flexibility index (Phi) is 7.36. The predicted molar refractivity (Wildman–Crippen MR) is 113 cm³/mol. The molecule has 1 fully saturated rings. The van der Waals surface area contributed by atoms with Crippen LogP contribution in [0.1, 0.15) is 58.4 Å². The molecule has 1 amide bonds. The van der Waals surface area contributed by atoms with E-state index in [-0.39, 0.29) is 11.9 Å². The van der Waals surface area contributed by atoms with Crippen LogP contribution < -0.4 is 10.1 Å². The summed E-state index contributed by atoms with van der Waals surface area (Å²) in [5.74, 6) is 2.10. The number of amides is 1. The Morgan fingerprint density at radius 1 is 1.25 bits per heavy atom. The van der Waals surface area contributed by atoms with Crippen molar-refractivity contribution >= 4 is 17.7 Å². The number of hydrogen-bond donors (Lipinski definition) is 1. The molecule has 1 saturated carbocycles. The molecule has 0 bridgehead atoms. The minimum absolute atomic E-state index is 0.0449. The van der Waals surface area contributed by atoms with E-state index in [1.807, 2.05) is 31.2 Å². The summed E-state index contributed by atoms with van der Waals surface area (Å²) in [5, 5.41) is 12.8. The summed E-state index contributed by atoms with van der Waals surface area (Å²) in [6, 6.07) is 8.52. The molecule has 152 valence electrons. The van der Waals surface area contributed by atoms with Crippen LogP contribution in [0.25, 0.3) is 11.4 Å². The summed E-state index contributed by atoms with van der Waals surface area (Å²) in [5.41, 5.74) is 1.02. The van der Waals surface area contributed by atoms with E-state index in [1.165, 1.54) is 31.0 Å². The minimum Gasteiger partial charge on any atom is -0.497 e. The molecular weight excluding hydrogens is 372 g/mol. The summed E-state index contributed by atoms with van der Waals surface area (Å²) in [6.07, 6.45) is 6.93. The first-order valence-electron chi connectivity index (χ1n) is 10.1. The highest BCUT2D eigenvalue weighted by atomic mass is 32.2. The predicted octanol–water partition coefficient (Wildman–Crippen LogP) is 4.47. The molecule has 1 atom stereocenters. The van der Waals surface area contributed by atoms with Crippen LogP contribution in [-0.2, 0) is 4.79 Å². The molecule has 1 unspecified atom stereocenters. The molecule has 6 nitrogen and oxygen atoms in total. The second-order valence-electron chi connectivity index (χ2n) is 7.36. The second kappa shape index (κ2) is 9.96. The lowest BCUT2D eigenvalue weighted by Crippen LogP contribution is -2.33. The molecule has 0 spiro atoms. The molecule has 0 aliphatic heterocycles. The van der Waals surface area contributed by atoms with Gasteiger partial charge in [-0.3, -0.25) is 9.36 Å². The van der Waals surface area contributed by atoms with E-state index in [1.54, 1.807) is 7.11 Å². The van der Waals surface area contributed by atoms with E-state index in [4.69, 9.17) is 4.74 Å². The maximum atomic E-state index is 12.2. The normalized spacial score (nSPS) is 16.0. The van der Waals surface area contributed by atoms with Crippen LogP contribution in [0.5, 0.6) is 5.75 Å². The zero-order chi connectivity index (χ0) is 19.9. The number of methoxy groups -OCH3 is 1. The van der Waals surface area contributed by atoms with Crippen molar-refractivity contribution in [2.45, 2.75) is 69.6 Å². The largest absolute Gasteiger partial charge is 0.497 e. The van der Waals surface area contributed by atoms with Gasteiger partial charge in [0.2, 0.25) is 5.91 Å². The van der Waals surface area contributed by atoms with Crippen LogP contribution in [0.3, 0.4) is 0 Å². The smallest absolute Gasteiger partial charge is 0.230 e. The van der Waals surface area contributed by atoms with Crippen molar-refractivity contribution in [1.29, 1.82) is 0 Å². The van der Waals surface area contributed by atoms with Crippen molar-refractivity contribution in [3.8, 4) is 17.1 Å². The Morgan fingerprint density at radius 3 is 2.61 bits per heavy atom. The van der Waals surface area contributed by atoms with E-state index >= 15 is 0 Å². The molecule has 0 saturated heterocycles. The average molecular weight is 403 g/mol. The van der Waals surface area contributed by atoms with Crippen LogP contribution in [0.4, 0.5) is 0 Å². The highest BCUT2D eigenvalue weighted by molar-refractivity contribution is 7.99. The summed E-state index contributed by atoms with van der Waals surface area (Å²) in [6.45, 7) is 4.09. The Morgan fingerprint density at radius 2 is 1.96 bits per heavy atom. The van der Waals surface area contributed by atoms with Crippen LogP contribution in [0.2, 0.25) is 0 Å². The second-order valence-corrected chi connectivity index (χ2v) is 8.30. The molecule has 2 aromatic rings. The van der Waals surface area contributed by atoms with Gasteiger partial charge in [-0.2, -0.15) is 0 Å². The monoisotopic (exact) mass is 402 g/mol. The van der Waals surface area contributed by atoms with E-state index < -0.39 is 0 Å². The quantitative estimate of drug-likeness (QED) is 0.660. The molecule has 28 heavy (non-hydrogen) atoms. The zero-order valence-corrected chi connectivity index (χ0v) is 17.8. The number of hydrogen-bond acceptors (Lipinski definition) is 5. The number of rotatable bonds is 8. The SMILES string of the molecule is CCC(C)NC(=O)CSc1nnc(-c2ccc(OC)cc2)n1C1CCCCC1. The number of nitrogens with zero attached hydrogens (tertiary/aromatic N) is 3. The minimum atomic E-state index is 0.0449. The van der Waals surface area contributed by atoms with Gasteiger partial charge in [-0.1, -0.05) is 37.9 Å². The molecule has 1 aliphatic rings. The third kappa shape index (κ3) is 5.07. The van der Waals surface area contributed by atoms with Crippen LogP contribution in [0.15, 0.2) is 29.4 Å². The van der Waals surface area contributed by atoms with Gasteiger partial charge in [0.05, 0.1) is 12.9 Å². The highest BCUT2D eigenvalue weighted by Gasteiger charge is 2.24. The molecule has 1 aromatic carbocycles. The van der Waals surface area contributed by atoms with E-state index in [9.17, 15) is 4.79 Å². The van der Waals surface area contributed by atoms with Gasteiger partial charge in [0.15, 0.2) is 11.0 Å².